The second-order valence-electron chi connectivity index (χ2n) is 4.38. The van der Waals surface area contributed by atoms with Crippen LogP contribution in [0.15, 0.2) is 30.3 Å². The van der Waals surface area contributed by atoms with E-state index in [1.54, 1.807) is 0 Å². The third-order valence-corrected chi connectivity index (χ3v) is 3.07. The average Bonchev–Trinajstić information content (AvgIpc) is 2.40. The molecular weight excluding hydrogens is 234 g/mol. The first-order chi connectivity index (χ1) is 8.68. The molecule has 1 aliphatic heterocycles. The zero-order valence-electron chi connectivity index (χ0n) is 9.95. The highest BCUT2D eigenvalue weighted by Gasteiger charge is 2.36. The monoisotopic (exact) mass is 251 g/mol. The molecule has 1 heterocycles. The quantitative estimate of drug-likeness (QED) is 0.660. The zero-order chi connectivity index (χ0) is 13.0. The third-order valence-electron chi connectivity index (χ3n) is 3.07. The van der Waals surface area contributed by atoms with E-state index in [1.165, 1.54) is 0 Å². The molecule has 0 saturated carbocycles. The molecule has 0 amide bonds. The molecule has 0 aromatic heterocycles. The van der Waals surface area contributed by atoms with Gasteiger partial charge in [0.15, 0.2) is 0 Å². The molecule has 1 aromatic rings. The average molecular weight is 251 g/mol. The number of aliphatic hydroxyl groups is 2. The maximum atomic E-state index is 11.8. The van der Waals surface area contributed by atoms with Gasteiger partial charge in [0.2, 0.25) is 0 Å². The molecule has 0 radical (unpaired) electrons. The van der Waals surface area contributed by atoms with Crippen molar-refractivity contribution in [3.8, 4) is 0 Å². The highest BCUT2D eigenvalue weighted by atomic mass is 16.5. The Morgan fingerprint density at radius 1 is 1.33 bits per heavy atom. The van der Waals surface area contributed by atoms with Crippen molar-refractivity contribution < 1.29 is 19.7 Å². The van der Waals surface area contributed by atoms with Crippen LogP contribution in [0.3, 0.4) is 0 Å². The minimum atomic E-state index is -1.11. The number of hydrogen-bond donors (Lipinski definition) is 3. The number of ether oxygens (including phenoxy) is 1. The van der Waals surface area contributed by atoms with Crippen LogP contribution < -0.4 is 5.32 Å². The van der Waals surface area contributed by atoms with E-state index in [9.17, 15) is 15.0 Å². The molecular formula is C13H17NO4. The molecule has 98 valence electrons. The van der Waals surface area contributed by atoms with Crippen LogP contribution >= 0.6 is 0 Å². The summed E-state index contributed by atoms with van der Waals surface area (Å²) in [5.74, 6) is -1.13. The van der Waals surface area contributed by atoms with Crippen molar-refractivity contribution in [3.05, 3.63) is 35.9 Å². The molecule has 1 aromatic carbocycles. The van der Waals surface area contributed by atoms with Crippen molar-refractivity contribution in [2.24, 2.45) is 5.92 Å². The molecule has 0 spiro atoms. The predicted molar refractivity (Wildman–Crippen MR) is 64.4 cm³/mol. The molecule has 3 atom stereocenters. The fraction of sp³-hybridized carbons (Fsp3) is 0.462. The van der Waals surface area contributed by atoms with Gasteiger partial charge in [-0.15, -0.1) is 0 Å². The van der Waals surface area contributed by atoms with Gasteiger partial charge in [-0.2, -0.15) is 0 Å². The van der Waals surface area contributed by atoms with Crippen molar-refractivity contribution in [2.75, 3.05) is 6.54 Å². The molecule has 5 nitrogen and oxygen atoms in total. The van der Waals surface area contributed by atoms with Crippen molar-refractivity contribution in [1.82, 2.24) is 5.32 Å². The highest BCUT2D eigenvalue weighted by molar-refractivity contribution is 5.73. The first-order valence-electron chi connectivity index (χ1n) is 5.98. The molecule has 5 heteroatoms. The minimum absolute atomic E-state index is 0.187. The summed E-state index contributed by atoms with van der Waals surface area (Å²) in [6.07, 6.45) is -1.71. The standard InChI is InChI=1S/C13H17NO4/c15-11-10(6-7-14-12(11)16)13(17)18-8-9-4-2-1-3-5-9/h1-5,10-12,14-16H,6-8H2. The van der Waals surface area contributed by atoms with Crippen molar-refractivity contribution in [2.45, 2.75) is 25.4 Å². The highest BCUT2D eigenvalue weighted by Crippen LogP contribution is 2.18. The molecule has 0 aliphatic carbocycles. The Labute approximate surface area is 105 Å². The number of carbonyl (C=O) groups excluding carboxylic acids is 1. The topological polar surface area (TPSA) is 78.8 Å². The number of rotatable bonds is 3. The lowest BCUT2D eigenvalue weighted by molar-refractivity contribution is -0.161. The van der Waals surface area contributed by atoms with Crippen LogP contribution in [0.4, 0.5) is 0 Å². The Balaban J connectivity index is 1.88. The molecule has 18 heavy (non-hydrogen) atoms. The predicted octanol–water partition coefficient (Wildman–Crippen LogP) is 0.0186. The lowest BCUT2D eigenvalue weighted by Crippen LogP contribution is -2.52. The van der Waals surface area contributed by atoms with Gasteiger partial charge in [-0.3, -0.25) is 10.1 Å². The number of nitrogens with one attached hydrogen (secondary N) is 1. The van der Waals surface area contributed by atoms with Gasteiger partial charge in [-0.1, -0.05) is 30.3 Å². The third kappa shape index (κ3) is 3.07. The minimum Gasteiger partial charge on any atom is -0.461 e. The number of carbonyl (C=O) groups is 1. The number of hydrogen-bond acceptors (Lipinski definition) is 5. The summed E-state index contributed by atoms with van der Waals surface area (Å²) in [6, 6.07) is 9.35. The van der Waals surface area contributed by atoms with Gasteiger partial charge in [-0.25, -0.2) is 0 Å². The van der Waals surface area contributed by atoms with E-state index in [0.29, 0.717) is 13.0 Å². The molecule has 1 aliphatic rings. The summed E-state index contributed by atoms with van der Waals surface area (Å²) in [6.45, 7) is 0.676. The Bertz CT molecular complexity index is 395. The molecule has 2 rings (SSSR count). The van der Waals surface area contributed by atoms with E-state index in [-0.39, 0.29) is 6.61 Å². The van der Waals surface area contributed by atoms with Crippen molar-refractivity contribution >= 4 is 5.97 Å². The maximum Gasteiger partial charge on any atom is 0.312 e. The lowest BCUT2D eigenvalue weighted by atomic mass is 9.94. The molecule has 3 unspecified atom stereocenters. The smallest absolute Gasteiger partial charge is 0.312 e. The van der Waals surface area contributed by atoms with E-state index < -0.39 is 24.2 Å². The summed E-state index contributed by atoms with van der Waals surface area (Å²) in [4.78, 5) is 11.8. The SMILES string of the molecule is O=C(OCc1ccccc1)C1CCNC(O)C1O. The maximum absolute atomic E-state index is 11.8. The van der Waals surface area contributed by atoms with Crippen LogP contribution in [0.5, 0.6) is 0 Å². The van der Waals surface area contributed by atoms with Crippen molar-refractivity contribution in [1.29, 1.82) is 0 Å². The number of aliphatic hydroxyl groups excluding tert-OH is 2. The van der Waals surface area contributed by atoms with Gasteiger partial charge < -0.3 is 14.9 Å². The molecule has 1 fully saturated rings. The largest absolute Gasteiger partial charge is 0.461 e. The van der Waals surface area contributed by atoms with Gasteiger partial charge in [0.05, 0.1) is 5.92 Å². The number of esters is 1. The second-order valence-corrected chi connectivity index (χ2v) is 4.38. The van der Waals surface area contributed by atoms with Crippen LogP contribution in [-0.2, 0) is 16.1 Å². The van der Waals surface area contributed by atoms with E-state index in [0.717, 1.165) is 5.56 Å². The second kappa shape index (κ2) is 5.95. The van der Waals surface area contributed by atoms with E-state index in [1.807, 2.05) is 30.3 Å². The normalized spacial score (nSPS) is 27.8. The zero-order valence-corrected chi connectivity index (χ0v) is 9.95. The number of piperidine rings is 1. The van der Waals surface area contributed by atoms with Gasteiger partial charge in [0, 0.05) is 0 Å². The Kier molecular flexibility index (Phi) is 4.30. The van der Waals surface area contributed by atoms with Crippen LogP contribution in [-0.4, -0.2) is 35.1 Å². The summed E-state index contributed by atoms with van der Waals surface area (Å²) in [5.41, 5.74) is 0.898. The number of benzene rings is 1. The van der Waals surface area contributed by atoms with Gasteiger partial charge >= 0.3 is 5.97 Å². The van der Waals surface area contributed by atoms with Crippen LogP contribution in [0.1, 0.15) is 12.0 Å². The summed E-state index contributed by atoms with van der Waals surface area (Å²) in [5, 5.41) is 21.8. The van der Waals surface area contributed by atoms with Crippen LogP contribution in [0, 0.1) is 5.92 Å². The first kappa shape index (κ1) is 13.0. The first-order valence-corrected chi connectivity index (χ1v) is 5.98. The molecule has 0 bridgehead atoms. The van der Waals surface area contributed by atoms with Gasteiger partial charge in [-0.05, 0) is 18.5 Å². The van der Waals surface area contributed by atoms with E-state index >= 15 is 0 Å². The Hall–Kier alpha value is -1.43. The summed E-state index contributed by atoms with van der Waals surface area (Å²) < 4.78 is 5.15. The van der Waals surface area contributed by atoms with Gasteiger partial charge in [0.25, 0.3) is 0 Å². The van der Waals surface area contributed by atoms with Gasteiger partial charge in [0.1, 0.15) is 18.9 Å². The van der Waals surface area contributed by atoms with Crippen LogP contribution in [0.2, 0.25) is 0 Å². The Morgan fingerprint density at radius 2 is 2.06 bits per heavy atom. The summed E-state index contributed by atoms with van der Waals surface area (Å²) in [7, 11) is 0. The molecule has 3 N–H and O–H groups in total. The van der Waals surface area contributed by atoms with Crippen molar-refractivity contribution in [3.63, 3.8) is 0 Å². The van der Waals surface area contributed by atoms with Crippen LogP contribution in [0.25, 0.3) is 0 Å². The summed E-state index contributed by atoms with van der Waals surface area (Å²) >= 11 is 0. The lowest BCUT2D eigenvalue weighted by Gasteiger charge is -2.30. The fourth-order valence-corrected chi connectivity index (χ4v) is 1.99. The fourth-order valence-electron chi connectivity index (χ4n) is 1.99. The Morgan fingerprint density at radius 3 is 2.78 bits per heavy atom. The van der Waals surface area contributed by atoms with E-state index in [2.05, 4.69) is 5.32 Å². The molecule has 1 saturated heterocycles. The van der Waals surface area contributed by atoms with E-state index in [4.69, 9.17) is 4.74 Å².